The SMILES string of the molecule is Cc1ccc2c(c1)C(NCc1cn[nH]c1C)CC2. The number of benzene rings is 1. The molecule has 0 aliphatic heterocycles. The van der Waals surface area contributed by atoms with Gasteiger partial charge in [-0.15, -0.1) is 0 Å². The van der Waals surface area contributed by atoms with Gasteiger partial charge in [0.05, 0.1) is 6.20 Å². The maximum absolute atomic E-state index is 4.06. The monoisotopic (exact) mass is 241 g/mol. The quantitative estimate of drug-likeness (QED) is 0.867. The lowest BCUT2D eigenvalue weighted by molar-refractivity contribution is 0.529. The summed E-state index contributed by atoms with van der Waals surface area (Å²) in [6, 6.07) is 7.30. The molecule has 1 aromatic carbocycles. The van der Waals surface area contributed by atoms with Crippen molar-refractivity contribution in [2.24, 2.45) is 0 Å². The Morgan fingerprint density at radius 3 is 3.06 bits per heavy atom. The highest BCUT2D eigenvalue weighted by atomic mass is 15.1. The van der Waals surface area contributed by atoms with Gasteiger partial charge in [0.1, 0.15) is 0 Å². The minimum atomic E-state index is 0.495. The topological polar surface area (TPSA) is 40.7 Å². The molecule has 3 nitrogen and oxygen atoms in total. The van der Waals surface area contributed by atoms with Crippen LogP contribution in [0.15, 0.2) is 24.4 Å². The summed E-state index contributed by atoms with van der Waals surface area (Å²) in [5.74, 6) is 0. The van der Waals surface area contributed by atoms with Gasteiger partial charge in [0.25, 0.3) is 0 Å². The van der Waals surface area contributed by atoms with Crippen LogP contribution < -0.4 is 5.32 Å². The van der Waals surface area contributed by atoms with E-state index in [1.54, 1.807) is 0 Å². The first kappa shape index (κ1) is 11.5. The predicted octanol–water partition coefficient (Wildman–Crippen LogP) is 2.80. The molecule has 1 aromatic heterocycles. The van der Waals surface area contributed by atoms with Crippen LogP contribution in [0.25, 0.3) is 0 Å². The molecule has 0 spiro atoms. The molecule has 0 bridgehead atoms. The van der Waals surface area contributed by atoms with Crippen molar-refractivity contribution in [2.45, 2.75) is 39.3 Å². The Labute approximate surface area is 108 Å². The average Bonchev–Trinajstić information content (AvgIpc) is 2.93. The first-order chi connectivity index (χ1) is 8.74. The van der Waals surface area contributed by atoms with Gasteiger partial charge in [-0.05, 0) is 37.8 Å². The molecule has 1 aliphatic rings. The Morgan fingerprint density at radius 1 is 1.39 bits per heavy atom. The molecule has 3 rings (SSSR count). The van der Waals surface area contributed by atoms with Gasteiger partial charge < -0.3 is 5.32 Å². The Balaban J connectivity index is 1.73. The molecule has 1 heterocycles. The summed E-state index contributed by atoms with van der Waals surface area (Å²) >= 11 is 0. The Morgan fingerprint density at radius 2 is 2.28 bits per heavy atom. The first-order valence-electron chi connectivity index (χ1n) is 6.55. The number of aromatic amines is 1. The zero-order chi connectivity index (χ0) is 12.5. The van der Waals surface area contributed by atoms with E-state index in [0.29, 0.717) is 6.04 Å². The number of hydrogen-bond donors (Lipinski definition) is 2. The fraction of sp³-hybridized carbons (Fsp3) is 0.400. The number of rotatable bonds is 3. The fourth-order valence-corrected chi connectivity index (χ4v) is 2.72. The highest BCUT2D eigenvalue weighted by Crippen LogP contribution is 2.31. The van der Waals surface area contributed by atoms with Crippen LogP contribution in [0.1, 0.15) is 40.4 Å². The predicted molar refractivity (Wildman–Crippen MR) is 72.4 cm³/mol. The maximum Gasteiger partial charge on any atom is 0.0535 e. The van der Waals surface area contributed by atoms with Crippen molar-refractivity contribution in [1.82, 2.24) is 15.5 Å². The van der Waals surface area contributed by atoms with E-state index < -0.39 is 0 Å². The summed E-state index contributed by atoms with van der Waals surface area (Å²) in [5.41, 5.74) is 6.75. The Kier molecular flexibility index (Phi) is 2.92. The lowest BCUT2D eigenvalue weighted by Crippen LogP contribution is -2.18. The van der Waals surface area contributed by atoms with Crippen LogP contribution in [-0.4, -0.2) is 10.2 Å². The third-order valence-electron chi connectivity index (χ3n) is 3.85. The largest absolute Gasteiger partial charge is 0.306 e. The molecule has 2 N–H and O–H groups in total. The normalized spacial score (nSPS) is 18.0. The van der Waals surface area contributed by atoms with E-state index in [0.717, 1.165) is 12.2 Å². The lowest BCUT2D eigenvalue weighted by atomic mass is 10.0. The van der Waals surface area contributed by atoms with Gasteiger partial charge in [-0.3, -0.25) is 5.10 Å². The van der Waals surface area contributed by atoms with Crippen molar-refractivity contribution in [1.29, 1.82) is 0 Å². The van der Waals surface area contributed by atoms with E-state index in [9.17, 15) is 0 Å². The van der Waals surface area contributed by atoms with Crippen molar-refractivity contribution < 1.29 is 0 Å². The van der Waals surface area contributed by atoms with Crippen molar-refractivity contribution in [3.05, 3.63) is 52.3 Å². The van der Waals surface area contributed by atoms with Gasteiger partial charge in [-0.25, -0.2) is 0 Å². The fourth-order valence-electron chi connectivity index (χ4n) is 2.72. The number of aryl methyl sites for hydroxylation is 3. The second kappa shape index (κ2) is 4.58. The van der Waals surface area contributed by atoms with Crippen LogP contribution in [0.2, 0.25) is 0 Å². The number of hydrogen-bond acceptors (Lipinski definition) is 2. The van der Waals surface area contributed by atoms with Crippen LogP contribution in [0.5, 0.6) is 0 Å². The van der Waals surface area contributed by atoms with Gasteiger partial charge in [0, 0.05) is 23.8 Å². The molecule has 0 saturated carbocycles. The Hall–Kier alpha value is -1.61. The third kappa shape index (κ3) is 2.06. The van der Waals surface area contributed by atoms with Crippen LogP contribution in [0.3, 0.4) is 0 Å². The van der Waals surface area contributed by atoms with Crippen molar-refractivity contribution >= 4 is 0 Å². The summed E-state index contributed by atoms with van der Waals surface area (Å²) in [4.78, 5) is 0. The van der Waals surface area contributed by atoms with Crippen LogP contribution in [0.4, 0.5) is 0 Å². The third-order valence-corrected chi connectivity index (χ3v) is 3.85. The highest BCUT2D eigenvalue weighted by molar-refractivity contribution is 5.37. The minimum Gasteiger partial charge on any atom is -0.306 e. The molecule has 0 amide bonds. The second-order valence-electron chi connectivity index (χ2n) is 5.19. The van der Waals surface area contributed by atoms with Crippen molar-refractivity contribution in [2.75, 3.05) is 0 Å². The maximum atomic E-state index is 4.06. The molecule has 2 aromatic rings. The number of nitrogens with one attached hydrogen (secondary N) is 2. The van der Waals surface area contributed by atoms with E-state index in [1.807, 2.05) is 6.20 Å². The summed E-state index contributed by atoms with van der Waals surface area (Å²) in [6.07, 6.45) is 4.31. The molecular formula is C15H19N3. The number of fused-ring (bicyclic) bond motifs is 1. The first-order valence-corrected chi connectivity index (χ1v) is 6.55. The van der Waals surface area contributed by atoms with E-state index in [4.69, 9.17) is 0 Å². The second-order valence-corrected chi connectivity index (χ2v) is 5.19. The standard InChI is InChI=1S/C15H19N3/c1-10-3-4-12-5-6-15(14(12)7-10)16-8-13-9-17-18-11(13)2/h3-4,7,9,15-16H,5-6,8H2,1-2H3,(H,17,18). The van der Waals surface area contributed by atoms with Crippen LogP contribution in [-0.2, 0) is 13.0 Å². The van der Waals surface area contributed by atoms with Gasteiger partial charge in [-0.1, -0.05) is 23.8 Å². The molecule has 1 aliphatic carbocycles. The van der Waals surface area contributed by atoms with E-state index in [1.165, 1.54) is 35.1 Å². The smallest absolute Gasteiger partial charge is 0.0535 e. The number of nitrogens with zero attached hydrogens (tertiary/aromatic N) is 1. The van der Waals surface area contributed by atoms with Gasteiger partial charge >= 0.3 is 0 Å². The summed E-state index contributed by atoms with van der Waals surface area (Å²) in [7, 11) is 0. The molecule has 0 radical (unpaired) electrons. The molecule has 1 unspecified atom stereocenters. The number of H-pyrrole nitrogens is 1. The van der Waals surface area contributed by atoms with Gasteiger partial charge in [0.15, 0.2) is 0 Å². The van der Waals surface area contributed by atoms with Crippen LogP contribution in [0, 0.1) is 13.8 Å². The number of aromatic nitrogens is 2. The average molecular weight is 241 g/mol. The van der Waals surface area contributed by atoms with Crippen molar-refractivity contribution in [3.63, 3.8) is 0 Å². The molecule has 0 saturated heterocycles. The van der Waals surface area contributed by atoms with Crippen LogP contribution >= 0.6 is 0 Å². The minimum absolute atomic E-state index is 0.495. The molecule has 94 valence electrons. The highest BCUT2D eigenvalue weighted by Gasteiger charge is 2.21. The molecule has 1 atom stereocenters. The Bertz CT molecular complexity index is 557. The molecule has 0 fully saturated rings. The van der Waals surface area contributed by atoms with E-state index in [2.05, 4.69) is 47.6 Å². The molecule has 3 heteroatoms. The van der Waals surface area contributed by atoms with Crippen molar-refractivity contribution in [3.8, 4) is 0 Å². The van der Waals surface area contributed by atoms with Gasteiger partial charge in [0.2, 0.25) is 0 Å². The van der Waals surface area contributed by atoms with E-state index in [-0.39, 0.29) is 0 Å². The summed E-state index contributed by atoms with van der Waals surface area (Å²) < 4.78 is 0. The summed E-state index contributed by atoms with van der Waals surface area (Å²) in [5, 5.41) is 10.7. The zero-order valence-electron chi connectivity index (χ0n) is 11.0. The summed E-state index contributed by atoms with van der Waals surface area (Å²) in [6.45, 7) is 5.12. The zero-order valence-corrected chi connectivity index (χ0v) is 11.0. The van der Waals surface area contributed by atoms with E-state index >= 15 is 0 Å². The molecule has 18 heavy (non-hydrogen) atoms. The van der Waals surface area contributed by atoms with Gasteiger partial charge in [-0.2, -0.15) is 5.10 Å². The molecular weight excluding hydrogens is 222 g/mol. The lowest BCUT2D eigenvalue weighted by Gasteiger charge is -2.14.